The van der Waals surface area contributed by atoms with Gasteiger partial charge in [-0.05, 0) is 48.2 Å². The molecule has 2 amide bonds. The SMILES string of the molecule is CNC(=O)Cc1ccc(NC(=O)C2(c3cccc(Cl)c3)CC2)cc1. The zero-order chi connectivity index (χ0) is 17.2. The van der Waals surface area contributed by atoms with Gasteiger partial charge in [0.1, 0.15) is 0 Å². The number of benzene rings is 2. The van der Waals surface area contributed by atoms with Gasteiger partial charge in [0.05, 0.1) is 11.8 Å². The molecule has 4 nitrogen and oxygen atoms in total. The molecule has 3 rings (SSSR count). The van der Waals surface area contributed by atoms with Gasteiger partial charge in [0.25, 0.3) is 0 Å². The molecule has 0 unspecified atom stereocenters. The lowest BCUT2D eigenvalue weighted by Gasteiger charge is -2.16. The fourth-order valence-electron chi connectivity index (χ4n) is 2.79. The minimum atomic E-state index is -0.467. The summed E-state index contributed by atoms with van der Waals surface area (Å²) in [4.78, 5) is 24.1. The van der Waals surface area contributed by atoms with Crippen molar-refractivity contribution in [3.8, 4) is 0 Å². The summed E-state index contributed by atoms with van der Waals surface area (Å²) in [7, 11) is 1.61. The maximum absolute atomic E-state index is 12.7. The first-order chi connectivity index (χ1) is 11.5. The van der Waals surface area contributed by atoms with Crippen LogP contribution < -0.4 is 10.6 Å². The molecule has 2 N–H and O–H groups in total. The van der Waals surface area contributed by atoms with Crippen LogP contribution in [-0.4, -0.2) is 18.9 Å². The normalized spacial score (nSPS) is 14.8. The van der Waals surface area contributed by atoms with Gasteiger partial charge in [0.15, 0.2) is 0 Å². The molecule has 0 radical (unpaired) electrons. The summed E-state index contributed by atoms with van der Waals surface area (Å²) in [5, 5.41) is 6.21. The molecule has 124 valence electrons. The number of hydrogen-bond donors (Lipinski definition) is 2. The van der Waals surface area contributed by atoms with Crippen LogP contribution >= 0.6 is 11.6 Å². The van der Waals surface area contributed by atoms with Crippen LogP contribution in [-0.2, 0) is 21.4 Å². The molecule has 24 heavy (non-hydrogen) atoms. The summed E-state index contributed by atoms with van der Waals surface area (Å²) in [6.07, 6.45) is 1.99. The lowest BCUT2D eigenvalue weighted by molar-refractivity contribution is -0.120. The summed E-state index contributed by atoms with van der Waals surface area (Å²) in [6.45, 7) is 0. The zero-order valence-electron chi connectivity index (χ0n) is 13.4. The van der Waals surface area contributed by atoms with Crippen molar-refractivity contribution < 1.29 is 9.59 Å². The van der Waals surface area contributed by atoms with Gasteiger partial charge in [-0.2, -0.15) is 0 Å². The predicted molar refractivity (Wildman–Crippen MR) is 95.2 cm³/mol. The summed E-state index contributed by atoms with van der Waals surface area (Å²) in [6, 6.07) is 14.8. The first-order valence-corrected chi connectivity index (χ1v) is 8.28. The Hall–Kier alpha value is -2.33. The van der Waals surface area contributed by atoms with E-state index >= 15 is 0 Å². The third-order valence-corrected chi connectivity index (χ3v) is 4.65. The monoisotopic (exact) mass is 342 g/mol. The molecule has 5 heteroatoms. The van der Waals surface area contributed by atoms with Crippen molar-refractivity contribution in [3.05, 3.63) is 64.7 Å². The smallest absolute Gasteiger partial charge is 0.235 e. The summed E-state index contributed by atoms with van der Waals surface area (Å²) >= 11 is 6.05. The number of carbonyl (C=O) groups is 2. The van der Waals surface area contributed by atoms with Gasteiger partial charge in [-0.15, -0.1) is 0 Å². The number of amides is 2. The van der Waals surface area contributed by atoms with Crippen molar-refractivity contribution in [1.82, 2.24) is 5.32 Å². The molecular weight excluding hydrogens is 324 g/mol. The topological polar surface area (TPSA) is 58.2 Å². The van der Waals surface area contributed by atoms with Gasteiger partial charge in [-0.1, -0.05) is 35.9 Å². The van der Waals surface area contributed by atoms with Gasteiger partial charge >= 0.3 is 0 Å². The highest BCUT2D eigenvalue weighted by Gasteiger charge is 2.51. The van der Waals surface area contributed by atoms with E-state index in [9.17, 15) is 9.59 Å². The molecule has 2 aromatic carbocycles. The molecule has 2 aromatic rings. The Morgan fingerprint density at radius 1 is 1.12 bits per heavy atom. The number of halogens is 1. The molecule has 1 aliphatic rings. The predicted octanol–water partition coefficient (Wildman–Crippen LogP) is 3.30. The number of anilines is 1. The first-order valence-electron chi connectivity index (χ1n) is 7.90. The van der Waals surface area contributed by atoms with Crippen LogP contribution in [0.3, 0.4) is 0 Å². The van der Waals surface area contributed by atoms with Gasteiger partial charge in [0, 0.05) is 17.8 Å². The van der Waals surface area contributed by atoms with E-state index in [0.717, 1.165) is 29.7 Å². The lowest BCUT2D eigenvalue weighted by atomic mass is 9.95. The molecule has 0 spiro atoms. The van der Waals surface area contributed by atoms with Crippen LogP contribution in [0.25, 0.3) is 0 Å². The Morgan fingerprint density at radius 2 is 1.83 bits per heavy atom. The Morgan fingerprint density at radius 3 is 2.42 bits per heavy atom. The van der Waals surface area contributed by atoms with Gasteiger partial charge in [0.2, 0.25) is 11.8 Å². The Bertz CT molecular complexity index is 767. The number of hydrogen-bond acceptors (Lipinski definition) is 2. The molecule has 1 saturated carbocycles. The second-order valence-electron chi connectivity index (χ2n) is 6.09. The van der Waals surface area contributed by atoms with Crippen LogP contribution in [0.2, 0.25) is 5.02 Å². The maximum Gasteiger partial charge on any atom is 0.235 e. The average molecular weight is 343 g/mol. The second kappa shape index (κ2) is 6.65. The Labute approximate surface area is 146 Å². The van der Waals surface area contributed by atoms with Gasteiger partial charge in [-0.25, -0.2) is 0 Å². The zero-order valence-corrected chi connectivity index (χ0v) is 14.2. The fraction of sp³-hybridized carbons (Fsp3) is 0.263. The van der Waals surface area contributed by atoms with E-state index in [0.29, 0.717) is 11.4 Å². The minimum Gasteiger partial charge on any atom is -0.359 e. The second-order valence-corrected chi connectivity index (χ2v) is 6.53. The van der Waals surface area contributed by atoms with E-state index in [1.807, 2.05) is 48.5 Å². The molecule has 0 heterocycles. The standard InChI is InChI=1S/C19H19ClN2O2/c1-21-17(23)11-13-5-7-16(8-6-13)22-18(24)19(9-10-19)14-3-2-4-15(20)12-14/h2-8,12H,9-11H2,1H3,(H,21,23)(H,22,24). The largest absolute Gasteiger partial charge is 0.359 e. The maximum atomic E-state index is 12.7. The van der Waals surface area contributed by atoms with Crippen molar-refractivity contribution in [2.45, 2.75) is 24.7 Å². The first kappa shape index (κ1) is 16.5. The van der Waals surface area contributed by atoms with Crippen LogP contribution in [0, 0.1) is 0 Å². The highest BCUT2D eigenvalue weighted by atomic mass is 35.5. The number of rotatable bonds is 5. The van der Waals surface area contributed by atoms with Crippen molar-refractivity contribution in [2.24, 2.45) is 0 Å². The minimum absolute atomic E-state index is 0.0104. The summed E-state index contributed by atoms with van der Waals surface area (Å²) in [5.74, 6) is -0.0477. The quantitative estimate of drug-likeness (QED) is 0.876. The molecule has 0 atom stereocenters. The number of nitrogens with one attached hydrogen (secondary N) is 2. The van der Waals surface area contributed by atoms with Crippen LogP contribution in [0.1, 0.15) is 24.0 Å². The van der Waals surface area contributed by atoms with Crippen LogP contribution in [0.4, 0.5) is 5.69 Å². The highest BCUT2D eigenvalue weighted by Crippen LogP contribution is 2.49. The van der Waals surface area contributed by atoms with Gasteiger partial charge < -0.3 is 10.6 Å². The highest BCUT2D eigenvalue weighted by molar-refractivity contribution is 6.30. The van der Waals surface area contributed by atoms with E-state index < -0.39 is 5.41 Å². The fourth-order valence-corrected chi connectivity index (χ4v) is 2.98. The van der Waals surface area contributed by atoms with E-state index in [2.05, 4.69) is 10.6 Å². The molecule has 0 aliphatic heterocycles. The molecule has 0 aromatic heterocycles. The van der Waals surface area contributed by atoms with Gasteiger partial charge in [-0.3, -0.25) is 9.59 Å². The molecule has 0 saturated heterocycles. The van der Waals surface area contributed by atoms with Crippen molar-refractivity contribution in [2.75, 3.05) is 12.4 Å². The third kappa shape index (κ3) is 3.44. The van der Waals surface area contributed by atoms with Crippen molar-refractivity contribution in [1.29, 1.82) is 0 Å². The molecular formula is C19H19ClN2O2. The Balaban J connectivity index is 1.70. The number of carbonyl (C=O) groups excluding carboxylic acids is 2. The van der Waals surface area contributed by atoms with E-state index in [1.165, 1.54) is 0 Å². The van der Waals surface area contributed by atoms with Crippen LogP contribution in [0.15, 0.2) is 48.5 Å². The van der Waals surface area contributed by atoms with E-state index in [1.54, 1.807) is 7.05 Å². The molecule has 1 fully saturated rings. The van der Waals surface area contributed by atoms with Crippen molar-refractivity contribution >= 4 is 29.1 Å². The molecule has 0 bridgehead atoms. The summed E-state index contributed by atoms with van der Waals surface area (Å²) < 4.78 is 0. The van der Waals surface area contributed by atoms with Crippen LogP contribution in [0.5, 0.6) is 0 Å². The number of likely N-dealkylation sites (N-methyl/N-ethyl adjacent to an activating group) is 1. The van der Waals surface area contributed by atoms with E-state index in [-0.39, 0.29) is 11.8 Å². The van der Waals surface area contributed by atoms with E-state index in [4.69, 9.17) is 11.6 Å². The third-order valence-electron chi connectivity index (χ3n) is 4.42. The summed E-state index contributed by atoms with van der Waals surface area (Å²) in [5.41, 5.74) is 2.13. The van der Waals surface area contributed by atoms with Crippen molar-refractivity contribution in [3.63, 3.8) is 0 Å². The molecule has 1 aliphatic carbocycles. The Kier molecular flexibility index (Phi) is 4.58. The lowest BCUT2D eigenvalue weighted by Crippen LogP contribution is -2.27. The average Bonchev–Trinajstić information content (AvgIpc) is 3.38.